The van der Waals surface area contributed by atoms with Crippen molar-refractivity contribution in [1.82, 2.24) is 20.4 Å². The largest absolute Gasteiger partial charge is 0.394 e. The Morgan fingerprint density at radius 1 is 1.50 bits per heavy atom. The molecule has 114 valence electrons. The van der Waals surface area contributed by atoms with E-state index in [0.29, 0.717) is 6.54 Å². The van der Waals surface area contributed by atoms with E-state index < -0.39 is 5.54 Å². The number of hydrogen-bond acceptors (Lipinski definition) is 3. The Kier molecular flexibility index (Phi) is 6.01. The summed E-state index contributed by atoms with van der Waals surface area (Å²) >= 11 is 0. The van der Waals surface area contributed by atoms with Gasteiger partial charge in [0, 0.05) is 25.4 Å². The first-order valence-electron chi connectivity index (χ1n) is 7.12. The van der Waals surface area contributed by atoms with Crippen molar-refractivity contribution in [3.8, 4) is 0 Å². The topological polar surface area (TPSA) is 79.2 Å². The van der Waals surface area contributed by atoms with Crippen LogP contribution in [0.1, 0.15) is 44.9 Å². The molecule has 0 bridgehead atoms. The van der Waals surface area contributed by atoms with Crippen molar-refractivity contribution in [2.45, 2.75) is 52.1 Å². The Morgan fingerprint density at radius 2 is 2.20 bits per heavy atom. The Bertz CT molecular complexity index is 444. The summed E-state index contributed by atoms with van der Waals surface area (Å²) in [6.07, 6.45) is 4.39. The lowest BCUT2D eigenvalue weighted by molar-refractivity contribution is 0.163. The maximum absolute atomic E-state index is 11.9. The van der Waals surface area contributed by atoms with E-state index in [1.165, 1.54) is 0 Å². The minimum Gasteiger partial charge on any atom is -0.394 e. The molecule has 0 aliphatic carbocycles. The van der Waals surface area contributed by atoms with E-state index in [2.05, 4.69) is 15.7 Å². The van der Waals surface area contributed by atoms with Gasteiger partial charge in [0.25, 0.3) is 0 Å². The summed E-state index contributed by atoms with van der Waals surface area (Å²) in [7, 11) is 1.87. The van der Waals surface area contributed by atoms with Crippen LogP contribution >= 0.6 is 0 Å². The van der Waals surface area contributed by atoms with E-state index in [1.807, 2.05) is 34.0 Å². The quantitative estimate of drug-likeness (QED) is 0.706. The van der Waals surface area contributed by atoms with Crippen molar-refractivity contribution < 1.29 is 9.90 Å². The van der Waals surface area contributed by atoms with E-state index >= 15 is 0 Å². The minimum atomic E-state index is -0.568. The van der Waals surface area contributed by atoms with Crippen molar-refractivity contribution in [2.24, 2.45) is 7.05 Å². The van der Waals surface area contributed by atoms with Gasteiger partial charge in [-0.2, -0.15) is 5.10 Å². The highest BCUT2D eigenvalue weighted by molar-refractivity contribution is 5.74. The van der Waals surface area contributed by atoms with Crippen molar-refractivity contribution >= 4 is 6.03 Å². The second-order valence-electron chi connectivity index (χ2n) is 5.40. The van der Waals surface area contributed by atoms with Gasteiger partial charge in [0.15, 0.2) is 0 Å². The lowest BCUT2D eigenvalue weighted by atomic mass is 9.98. The van der Waals surface area contributed by atoms with Crippen LogP contribution in [0.15, 0.2) is 6.20 Å². The fraction of sp³-hybridized carbons (Fsp3) is 0.714. The predicted molar refractivity (Wildman–Crippen MR) is 78.4 cm³/mol. The third-order valence-corrected chi connectivity index (χ3v) is 3.33. The molecule has 1 unspecified atom stereocenters. The van der Waals surface area contributed by atoms with Crippen LogP contribution in [0.2, 0.25) is 0 Å². The van der Waals surface area contributed by atoms with Gasteiger partial charge in [-0.3, -0.25) is 4.68 Å². The fourth-order valence-electron chi connectivity index (χ4n) is 2.26. The summed E-state index contributed by atoms with van der Waals surface area (Å²) in [5.74, 6) is 0. The van der Waals surface area contributed by atoms with Gasteiger partial charge in [-0.1, -0.05) is 20.3 Å². The number of carbonyl (C=O) groups excluding carboxylic acids is 1. The van der Waals surface area contributed by atoms with E-state index in [4.69, 9.17) is 0 Å². The molecule has 6 heteroatoms. The molecule has 0 spiro atoms. The van der Waals surface area contributed by atoms with E-state index in [-0.39, 0.29) is 12.6 Å². The summed E-state index contributed by atoms with van der Waals surface area (Å²) in [6, 6.07) is -0.263. The number of nitrogens with one attached hydrogen (secondary N) is 2. The number of urea groups is 1. The number of hydrogen-bond donors (Lipinski definition) is 3. The van der Waals surface area contributed by atoms with Gasteiger partial charge in [0.2, 0.25) is 0 Å². The molecule has 1 heterocycles. The van der Waals surface area contributed by atoms with Crippen molar-refractivity contribution in [3.63, 3.8) is 0 Å². The van der Waals surface area contributed by atoms with Crippen molar-refractivity contribution in [1.29, 1.82) is 0 Å². The van der Waals surface area contributed by atoms with Gasteiger partial charge < -0.3 is 15.7 Å². The van der Waals surface area contributed by atoms with Crippen LogP contribution in [0.3, 0.4) is 0 Å². The molecule has 3 N–H and O–H groups in total. The maximum Gasteiger partial charge on any atom is 0.315 e. The van der Waals surface area contributed by atoms with Gasteiger partial charge in [-0.25, -0.2) is 4.79 Å². The Labute approximate surface area is 120 Å². The zero-order chi connectivity index (χ0) is 15.2. The van der Waals surface area contributed by atoms with E-state index in [0.717, 1.165) is 30.5 Å². The summed E-state index contributed by atoms with van der Waals surface area (Å²) in [5, 5.41) is 19.4. The smallest absolute Gasteiger partial charge is 0.315 e. The zero-order valence-corrected chi connectivity index (χ0v) is 12.9. The molecule has 0 fully saturated rings. The first-order chi connectivity index (χ1) is 9.44. The monoisotopic (exact) mass is 282 g/mol. The fourth-order valence-corrected chi connectivity index (χ4v) is 2.26. The Hall–Kier alpha value is -1.56. The molecule has 0 aliphatic rings. The molecule has 1 aromatic heterocycles. The third kappa shape index (κ3) is 4.52. The first kappa shape index (κ1) is 16.5. The maximum atomic E-state index is 11.9. The molecular weight excluding hydrogens is 256 g/mol. The van der Waals surface area contributed by atoms with Crippen LogP contribution < -0.4 is 10.6 Å². The highest BCUT2D eigenvalue weighted by atomic mass is 16.3. The zero-order valence-electron chi connectivity index (χ0n) is 12.9. The van der Waals surface area contributed by atoms with Crippen LogP contribution in [-0.2, 0) is 20.0 Å². The van der Waals surface area contributed by atoms with E-state index in [1.54, 1.807) is 4.68 Å². The molecule has 0 aliphatic heterocycles. The molecule has 0 saturated carbocycles. The summed E-state index contributed by atoms with van der Waals surface area (Å²) in [4.78, 5) is 11.9. The molecule has 0 radical (unpaired) electrons. The van der Waals surface area contributed by atoms with Crippen LogP contribution in [0.4, 0.5) is 4.79 Å². The number of nitrogens with zero attached hydrogens (tertiary/aromatic N) is 2. The molecule has 0 aromatic carbocycles. The average molecular weight is 282 g/mol. The second kappa shape index (κ2) is 7.28. The predicted octanol–water partition coefficient (Wildman–Crippen LogP) is 1.33. The standard InChI is InChI=1S/C14H26N4O2/c1-5-7-14(3,10-19)16-13(20)15-8-11-9-18(4)17-12(11)6-2/h9,19H,5-8,10H2,1-4H3,(H2,15,16,20). The van der Waals surface area contributed by atoms with Crippen LogP contribution in [0.5, 0.6) is 0 Å². The molecule has 6 nitrogen and oxygen atoms in total. The SMILES string of the molecule is CCCC(C)(CO)NC(=O)NCc1cn(C)nc1CC. The van der Waals surface area contributed by atoms with Crippen molar-refractivity contribution in [3.05, 3.63) is 17.5 Å². The van der Waals surface area contributed by atoms with Gasteiger partial charge in [-0.15, -0.1) is 0 Å². The Balaban J connectivity index is 2.54. The molecular formula is C14H26N4O2. The number of amides is 2. The second-order valence-corrected chi connectivity index (χ2v) is 5.40. The van der Waals surface area contributed by atoms with Gasteiger partial charge in [-0.05, 0) is 19.8 Å². The molecule has 1 aromatic rings. The van der Waals surface area contributed by atoms with Crippen LogP contribution in [-0.4, -0.2) is 33.1 Å². The average Bonchev–Trinajstić information content (AvgIpc) is 2.77. The number of carbonyl (C=O) groups is 1. The van der Waals surface area contributed by atoms with Gasteiger partial charge in [0.1, 0.15) is 0 Å². The van der Waals surface area contributed by atoms with Crippen molar-refractivity contribution in [2.75, 3.05) is 6.61 Å². The normalized spacial score (nSPS) is 13.8. The highest BCUT2D eigenvalue weighted by Gasteiger charge is 2.24. The van der Waals surface area contributed by atoms with Gasteiger partial charge in [0.05, 0.1) is 17.8 Å². The number of rotatable bonds is 7. The number of aliphatic hydroxyl groups excluding tert-OH is 1. The minimum absolute atomic E-state index is 0.0681. The molecule has 1 rings (SSSR count). The lowest BCUT2D eigenvalue weighted by Gasteiger charge is -2.28. The molecule has 0 saturated heterocycles. The highest BCUT2D eigenvalue weighted by Crippen LogP contribution is 2.11. The Morgan fingerprint density at radius 3 is 2.75 bits per heavy atom. The van der Waals surface area contributed by atoms with E-state index in [9.17, 15) is 9.90 Å². The number of aryl methyl sites for hydroxylation is 2. The third-order valence-electron chi connectivity index (χ3n) is 3.33. The summed E-state index contributed by atoms with van der Waals surface area (Å²) in [6.45, 7) is 6.28. The summed E-state index contributed by atoms with van der Waals surface area (Å²) < 4.78 is 1.75. The summed E-state index contributed by atoms with van der Waals surface area (Å²) in [5.41, 5.74) is 1.44. The molecule has 1 atom stereocenters. The number of aromatic nitrogens is 2. The molecule has 2 amide bonds. The first-order valence-corrected chi connectivity index (χ1v) is 7.12. The lowest BCUT2D eigenvalue weighted by Crippen LogP contribution is -2.52. The number of aliphatic hydroxyl groups is 1. The van der Waals surface area contributed by atoms with Crippen LogP contribution in [0.25, 0.3) is 0 Å². The van der Waals surface area contributed by atoms with Crippen LogP contribution in [0, 0.1) is 0 Å². The van der Waals surface area contributed by atoms with Gasteiger partial charge >= 0.3 is 6.03 Å². The molecule has 20 heavy (non-hydrogen) atoms.